The van der Waals surface area contributed by atoms with Crippen LogP contribution in [0.4, 0.5) is 22.7 Å². The number of ether oxygens (including phenoxy) is 1. The lowest BCUT2D eigenvalue weighted by atomic mass is 10.2. The van der Waals surface area contributed by atoms with Crippen LogP contribution in [0.25, 0.3) is 11.4 Å². The molecule has 202 valence electrons. The van der Waals surface area contributed by atoms with Crippen molar-refractivity contribution >= 4 is 51.6 Å². The fourth-order valence-electron chi connectivity index (χ4n) is 4.05. The Morgan fingerprint density at radius 2 is 1.85 bits per heavy atom. The van der Waals surface area contributed by atoms with Crippen LogP contribution in [0.1, 0.15) is 21.7 Å². The number of halogens is 1. The molecule has 0 unspecified atom stereocenters. The first kappa shape index (κ1) is 26.9. The molecule has 3 heterocycles. The summed E-state index contributed by atoms with van der Waals surface area (Å²) in [6, 6.07) is 15.2. The lowest BCUT2D eigenvalue weighted by Gasteiger charge is -2.26. The van der Waals surface area contributed by atoms with Crippen LogP contribution in [0.3, 0.4) is 0 Å². The van der Waals surface area contributed by atoms with E-state index in [0.717, 1.165) is 56.9 Å². The number of aromatic nitrogens is 4. The number of aryl methyl sites for hydroxylation is 1. The summed E-state index contributed by atoms with van der Waals surface area (Å²) in [6.45, 7) is 7.09. The van der Waals surface area contributed by atoms with Gasteiger partial charge in [-0.15, -0.1) is 0 Å². The maximum absolute atomic E-state index is 12.8. The zero-order valence-electron chi connectivity index (χ0n) is 21.5. The summed E-state index contributed by atoms with van der Waals surface area (Å²) in [5, 5.41) is 10.3. The maximum Gasteiger partial charge on any atom is 0.267 e. The number of rotatable bonds is 10. The molecule has 0 radical (unpaired) electrons. The van der Waals surface area contributed by atoms with Crippen molar-refractivity contribution in [3.8, 4) is 11.4 Å². The first-order valence-corrected chi connectivity index (χ1v) is 13.9. The molecule has 39 heavy (non-hydrogen) atoms. The normalized spacial score (nSPS) is 13.7. The van der Waals surface area contributed by atoms with E-state index in [-0.39, 0.29) is 5.91 Å². The second-order valence-electron chi connectivity index (χ2n) is 8.95. The molecule has 3 N–H and O–H groups in total. The molecule has 1 saturated heterocycles. The van der Waals surface area contributed by atoms with Gasteiger partial charge in [-0.1, -0.05) is 65.4 Å². The third kappa shape index (κ3) is 7.27. The van der Waals surface area contributed by atoms with Crippen LogP contribution in [0.2, 0.25) is 5.02 Å². The number of anilines is 4. The second-order valence-corrected chi connectivity index (χ2v) is 10.4. The van der Waals surface area contributed by atoms with Crippen LogP contribution in [0.5, 0.6) is 0 Å². The number of carbonyl (C=O) groups excluding carboxylic acids is 1. The first-order valence-electron chi connectivity index (χ1n) is 12.7. The van der Waals surface area contributed by atoms with Crippen LogP contribution in [0.15, 0.2) is 54.7 Å². The number of hydrogen-bond donors (Lipinski definition) is 3. The van der Waals surface area contributed by atoms with Gasteiger partial charge in [-0.25, -0.2) is 4.98 Å². The van der Waals surface area contributed by atoms with Crippen molar-refractivity contribution in [2.45, 2.75) is 13.3 Å². The predicted octanol–water partition coefficient (Wildman–Crippen LogP) is 5.09. The number of morpholine rings is 1. The van der Waals surface area contributed by atoms with E-state index in [0.29, 0.717) is 38.4 Å². The molecule has 0 bridgehead atoms. The van der Waals surface area contributed by atoms with Crippen LogP contribution >= 0.6 is 22.9 Å². The Morgan fingerprint density at radius 1 is 1.05 bits per heavy atom. The molecule has 0 saturated carbocycles. The van der Waals surface area contributed by atoms with Gasteiger partial charge in [0.1, 0.15) is 4.88 Å². The number of hydrogen-bond acceptors (Lipinski definition) is 10. The minimum absolute atomic E-state index is 0.292. The fraction of sp³-hybridized carbons (Fsp3) is 0.296. The van der Waals surface area contributed by atoms with Crippen LogP contribution in [-0.2, 0) is 4.74 Å². The zero-order valence-corrected chi connectivity index (χ0v) is 23.1. The Kier molecular flexibility index (Phi) is 8.94. The Labute approximate surface area is 235 Å². The van der Waals surface area contributed by atoms with Gasteiger partial charge in [0, 0.05) is 25.2 Å². The summed E-state index contributed by atoms with van der Waals surface area (Å²) in [5.41, 5.74) is 2.33. The summed E-state index contributed by atoms with van der Waals surface area (Å²) in [5.74, 6) is 1.05. The van der Waals surface area contributed by atoms with Gasteiger partial charge in [-0.3, -0.25) is 15.0 Å². The van der Waals surface area contributed by atoms with E-state index >= 15 is 0 Å². The van der Waals surface area contributed by atoms with E-state index in [1.807, 2.05) is 49.4 Å². The van der Waals surface area contributed by atoms with Gasteiger partial charge < -0.3 is 15.4 Å². The second kappa shape index (κ2) is 12.9. The summed E-state index contributed by atoms with van der Waals surface area (Å²) in [7, 11) is 0. The topological polar surface area (TPSA) is 117 Å². The van der Waals surface area contributed by atoms with Crippen LogP contribution in [-0.4, -0.2) is 70.1 Å². The molecule has 1 aliphatic heterocycles. The van der Waals surface area contributed by atoms with E-state index in [9.17, 15) is 4.79 Å². The van der Waals surface area contributed by atoms with Crippen molar-refractivity contribution < 1.29 is 9.53 Å². The van der Waals surface area contributed by atoms with Gasteiger partial charge in [0.05, 0.1) is 30.1 Å². The fourth-order valence-corrected chi connectivity index (χ4v) is 5.03. The van der Waals surface area contributed by atoms with E-state index in [2.05, 4.69) is 40.8 Å². The minimum Gasteiger partial charge on any atom is -0.379 e. The lowest BCUT2D eigenvalue weighted by molar-refractivity contribution is 0.0378. The Balaban J connectivity index is 1.28. The molecule has 0 spiro atoms. The highest BCUT2D eigenvalue weighted by atomic mass is 35.5. The Bertz CT molecular complexity index is 1390. The van der Waals surface area contributed by atoms with E-state index < -0.39 is 0 Å². The molecule has 1 aliphatic rings. The van der Waals surface area contributed by atoms with Gasteiger partial charge in [-0.05, 0) is 31.5 Å². The highest BCUT2D eigenvalue weighted by Gasteiger charge is 2.16. The number of nitrogens with one attached hydrogen (secondary N) is 3. The lowest BCUT2D eigenvalue weighted by Crippen LogP contribution is -2.37. The Hall–Kier alpha value is -3.64. The summed E-state index contributed by atoms with van der Waals surface area (Å²) < 4.78 is 5.42. The highest BCUT2D eigenvalue weighted by molar-refractivity contribution is 7.17. The van der Waals surface area contributed by atoms with Gasteiger partial charge in [0.2, 0.25) is 11.9 Å². The molecule has 1 amide bonds. The molecular formula is C27H29ClN8O2S. The standard InChI is InChI=1S/C27H29ClN8O2S/c1-18-7-5-10-20(28)22(18)31-24(37)21-17-30-27(39-21)35-26-33-23(19-8-3-2-4-9-19)32-25(34-26)29-11-6-12-36-13-15-38-16-14-36/h2-5,7-10,17H,6,11-16H2,1H3,(H,31,37)(H2,29,30,32,33,34,35). The van der Waals surface area contributed by atoms with Gasteiger partial charge in [0.25, 0.3) is 5.91 Å². The molecule has 10 nitrogen and oxygen atoms in total. The van der Waals surface area contributed by atoms with Crippen molar-refractivity contribution in [3.63, 3.8) is 0 Å². The van der Waals surface area contributed by atoms with Crippen molar-refractivity contribution in [2.75, 3.05) is 55.3 Å². The van der Waals surface area contributed by atoms with Gasteiger partial charge >= 0.3 is 0 Å². The number of para-hydroxylation sites is 1. The monoisotopic (exact) mass is 564 g/mol. The third-order valence-electron chi connectivity index (χ3n) is 6.11. The van der Waals surface area contributed by atoms with E-state index in [1.54, 1.807) is 6.07 Å². The first-order chi connectivity index (χ1) is 19.0. The maximum atomic E-state index is 12.8. The molecule has 1 fully saturated rings. The quantitative estimate of drug-likeness (QED) is 0.226. The molecule has 0 atom stereocenters. The van der Waals surface area contributed by atoms with Crippen LogP contribution in [0, 0.1) is 6.92 Å². The summed E-state index contributed by atoms with van der Waals surface area (Å²) in [6.07, 6.45) is 2.46. The SMILES string of the molecule is Cc1cccc(Cl)c1NC(=O)c1cnc(Nc2nc(NCCCN3CCOCC3)nc(-c3ccccc3)n2)s1. The smallest absolute Gasteiger partial charge is 0.267 e. The van der Waals surface area contributed by atoms with E-state index in [4.69, 9.17) is 16.3 Å². The molecule has 2 aromatic carbocycles. The zero-order chi connectivity index (χ0) is 27.0. The highest BCUT2D eigenvalue weighted by Crippen LogP contribution is 2.28. The minimum atomic E-state index is -0.292. The molecular weight excluding hydrogens is 536 g/mol. The molecule has 0 aliphatic carbocycles. The number of carbonyl (C=O) groups is 1. The van der Waals surface area contributed by atoms with Crippen molar-refractivity contribution in [2.24, 2.45) is 0 Å². The third-order valence-corrected chi connectivity index (χ3v) is 7.34. The largest absolute Gasteiger partial charge is 0.379 e. The molecule has 2 aromatic heterocycles. The van der Waals surface area contributed by atoms with Crippen molar-refractivity contribution in [3.05, 3.63) is 70.2 Å². The van der Waals surface area contributed by atoms with Crippen molar-refractivity contribution in [1.29, 1.82) is 0 Å². The number of nitrogens with zero attached hydrogens (tertiary/aromatic N) is 5. The average molecular weight is 565 g/mol. The van der Waals surface area contributed by atoms with Gasteiger partial charge in [0.15, 0.2) is 11.0 Å². The molecule has 5 rings (SSSR count). The van der Waals surface area contributed by atoms with Gasteiger partial charge in [-0.2, -0.15) is 15.0 Å². The summed E-state index contributed by atoms with van der Waals surface area (Å²) >= 11 is 7.46. The summed E-state index contributed by atoms with van der Waals surface area (Å²) in [4.78, 5) is 33.8. The molecule has 12 heteroatoms. The van der Waals surface area contributed by atoms with Crippen LogP contribution < -0.4 is 16.0 Å². The Morgan fingerprint density at radius 3 is 2.64 bits per heavy atom. The number of thiazole rings is 1. The number of amides is 1. The van der Waals surface area contributed by atoms with Crippen molar-refractivity contribution in [1.82, 2.24) is 24.8 Å². The van der Waals surface area contributed by atoms with E-state index in [1.165, 1.54) is 17.5 Å². The average Bonchev–Trinajstić information content (AvgIpc) is 3.43. The number of benzene rings is 2. The molecule has 4 aromatic rings. The predicted molar refractivity (Wildman–Crippen MR) is 155 cm³/mol.